The van der Waals surface area contributed by atoms with Gasteiger partial charge < -0.3 is 5.73 Å². The predicted molar refractivity (Wildman–Crippen MR) is 70.7 cm³/mol. The Morgan fingerprint density at radius 2 is 2.42 bits per heavy atom. The summed E-state index contributed by atoms with van der Waals surface area (Å²) in [7, 11) is 0. The topological polar surface area (TPSA) is 83.0 Å². The third kappa shape index (κ3) is 3.09. The lowest BCUT2D eigenvalue weighted by atomic mass is 9.92. The molecule has 19 heavy (non-hydrogen) atoms. The standard InChI is InChI=1S/C14H18N4O/c1-10-4-5-12(14(16)19)9-18(10)8-11-3-2-6-17-13(11)7-15/h2-3,6,10,12H,4-5,8-9H2,1H3,(H2,16,19). The maximum absolute atomic E-state index is 11.3. The molecule has 0 radical (unpaired) electrons. The molecule has 1 amide bonds. The molecule has 2 atom stereocenters. The molecule has 0 aliphatic carbocycles. The number of likely N-dealkylation sites (tertiary alicyclic amines) is 1. The van der Waals surface area contributed by atoms with Gasteiger partial charge >= 0.3 is 0 Å². The third-order valence-corrected chi connectivity index (χ3v) is 3.78. The molecule has 1 saturated heterocycles. The van der Waals surface area contributed by atoms with E-state index >= 15 is 0 Å². The minimum atomic E-state index is -0.233. The van der Waals surface area contributed by atoms with Gasteiger partial charge in [0.15, 0.2) is 0 Å². The van der Waals surface area contributed by atoms with E-state index in [0.717, 1.165) is 18.4 Å². The van der Waals surface area contributed by atoms with E-state index in [0.29, 0.717) is 24.8 Å². The highest BCUT2D eigenvalue weighted by Crippen LogP contribution is 2.23. The lowest BCUT2D eigenvalue weighted by Gasteiger charge is -2.36. The summed E-state index contributed by atoms with van der Waals surface area (Å²) in [5.41, 5.74) is 6.75. The second-order valence-corrected chi connectivity index (χ2v) is 5.08. The van der Waals surface area contributed by atoms with Crippen molar-refractivity contribution < 1.29 is 4.79 Å². The summed E-state index contributed by atoms with van der Waals surface area (Å²) >= 11 is 0. The zero-order chi connectivity index (χ0) is 13.8. The van der Waals surface area contributed by atoms with Crippen LogP contribution in [0.5, 0.6) is 0 Å². The second kappa shape index (κ2) is 5.81. The highest BCUT2D eigenvalue weighted by atomic mass is 16.1. The van der Waals surface area contributed by atoms with E-state index in [9.17, 15) is 4.79 Å². The van der Waals surface area contributed by atoms with Crippen molar-refractivity contribution in [3.05, 3.63) is 29.6 Å². The van der Waals surface area contributed by atoms with Crippen molar-refractivity contribution in [2.45, 2.75) is 32.4 Å². The van der Waals surface area contributed by atoms with Crippen molar-refractivity contribution >= 4 is 5.91 Å². The fourth-order valence-electron chi connectivity index (χ4n) is 2.52. The summed E-state index contributed by atoms with van der Waals surface area (Å²) in [4.78, 5) is 17.6. The number of carbonyl (C=O) groups excluding carboxylic acids is 1. The molecule has 0 aromatic carbocycles. The molecule has 5 nitrogen and oxygen atoms in total. The van der Waals surface area contributed by atoms with E-state index in [1.807, 2.05) is 12.1 Å². The van der Waals surface area contributed by atoms with Crippen LogP contribution in [0.2, 0.25) is 0 Å². The Bertz CT molecular complexity index is 508. The molecule has 0 bridgehead atoms. The van der Waals surface area contributed by atoms with Crippen molar-refractivity contribution in [1.29, 1.82) is 5.26 Å². The molecule has 1 aromatic rings. The lowest BCUT2D eigenvalue weighted by molar-refractivity contribution is -0.124. The minimum Gasteiger partial charge on any atom is -0.369 e. The highest BCUT2D eigenvalue weighted by Gasteiger charge is 2.28. The van der Waals surface area contributed by atoms with E-state index in [1.165, 1.54) is 0 Å². The van der Waals surface area contributed by atoms with E-state index < -0.39 is 0 Å². The van der Waals surface area contributed by atoms with Gasteiger partial charge in [-0.05, 0) is 25.8 Å². The molecule has 1 aliphatic rings. The molecule has 100 valence electrons. The number of primary amides is 1. The van der Waals surface area contributed by atoms with Gasteiger partial charge in [-0.25, -0.2) is 4.98 Å². The largest absolute Gasteiger partial charge is 0.369 e. The number of piperidine rings is 1. The minimum absolute atomic E-state index is 0.0848. The molecule has 5 heteroatoms. The van der Waals surface area contributed by atoms with Gasteiger partial charge in [-0.3, -0.25) is 9.69 Å². The SMILES string of the molecule is CC1CCC(C(N)=O)CN1Cc1cccnc1C#N. The van der Waals surface area contributed by atoms with Gasteiger partial charge in [-0.15, -0.1) is 0 Å². The zero-order valence-corrected chi connectivity index (χ0v) is 11.0. The number of rotatable bonds is 3. The number of carbonyl (C=O) groups is 1. The average molecular weight is 258 g/mol. The fraction of sp³-hybridized carbons (Fsp3) is 0.500. The number of amides is 1. The van der Waals surface area contributed by atoms with Crippen molar-refractivity contribution in [2.24, 2.45) is 11.7 Å². The van der Waals surface area contributed by atoms with Crippen LogP contribution in [-0.2, 0) is 11.3 Å². The van der Waals surface area contributed by atoms with Crippen LogP contribution in [-0.4, -0.2) is 28.4 Å². The predicted octanol–water partition coefficient (Wildman–Crippen LogP) is 1.04. The highest BCUT2D eigenvalue weighted by molar-refractivity contribution is 5.77. The summed E-state index contributed by atoms with van der Waals surface area (Å²) in [6.45, 7) is 3.44. The Balaban J connectivity index is 2.12. The quantitative estimate of drug-likeness (QED) is 0.878. The van der Waals surface area contributed by atoms with Crippen LogP contribution in [0.3, 0.4) is 0 Å². The van der Waals surface area contributed by atoms with E-state index in [1.54, 1.807) is 6.20 Å². The molecular formula is C14H18N4O. The lowest BCUT2D eigenvalue weighted by Crippen LogP contribution is -2.45. The number of nitrogens with zero attached hydrogens (tertiary/aromatic N) is 3. The molecule has 2 heterocycles. The molecule has 1 aromatic heterocycles. The van der Waals surface area contributed by atoms with Gasteiger partial charge in [0.1, 0.15) is 11.8 Å². The smallest absolute Gasteiger partial charge is 0.221 e. The van der Waals surface area contributed by atoms with Crippen molar-refractivity contribution in [1.82, 2.24) is 9.88 Å². The number of hydrogen-bond acceptors (Lipinski definition) is 4. The molecule has 0 saturated carbocycles. The summed E-state index contributed by atoms with van der Waals surface area (Å²) in [5.74, 6) is -0.318. The van der Waals surface area contributed by atoms with Gasteiger partial charge in [-0.1, -0.05) is 6.07 Å². The number of nitrogens with two attached hydrogens (primary N) is 1. The molecule has 0 spiro atoms. The molecule has 1 fully saturated rings. The fourth-order valence-corrected chi connectivity index (χ4v) is 2.52. The Labute approximate surface area is 113 Å². The average Bonchev–Trinajstić information content (AvgIpc) is 2.41. The maximum Gasteiger partial charge on any atom is 0.221 e. The first-order chi connectivity index (χ1) is 9.11. The number of hydrogen-bond donors (Lipinski definition) is 1. The number of pyridine rings is 1. The summed E-state index contributed by atoms with van der Waals surface area (Å²) in [5, 5.41) is 9.05. The van der Waals surface area contributed by atoms with Crippen LogP contribution < -0.4 is 5.73 Å². The van der Waals surface area contributed by atoms with Crippen LogP contribution in [0.4, 0.5) is 0 Å². The van der Waals surface area contributed by atoms with Gasteiger partial charge in [0.05, 0.1) is 5.92 Å². The molecule has 2 rings (SSSR count). The van der Waals surface area contributed by atoms with Crippen LogP contribution in [0.25, 0.3) is 0 Å². The van der Waals surface area contributed by atoms with Crippen LogP contribution in [0.1, 0.15) is 31.0 Å². The summed E-state index contributed by atoms with van der Waals surface area (Å²) in [6, 6.07) is 6.23. The number of aromatic nitrogens is 1. The second-order valence-electron chi connectivity index (χ2n) is 5.08. The maximum atomic E-state index is 11.3. The van der Waals surface area contributed by atoms with Crippen molar-refractivity contribution in [2.75, 3.05) is 6.54 Å². The summed E-state index contributed by atoms with van der Waals surface area (Å²) < 4.78 is 0. The van der Waals surface area contributed by atoms with Crippen LogP contribution >= 0.6 is 0 Å². The van der Waals surface area contributed by atoms with Gasteiger partial charge in [0.2, 0.25) is 5.91 Å². The summed E-state index contributed by atoms with van der Waals surface area (Å²) in [6.07, 6.45) is 3.43. The van der Waals surface area contributed by atoms with Crippen LogP contribution in [0.15, 0.2) is 18.3 Å². The van der Waals surface area contributed by atoms with Crippen molar-refractivity contribution in [3.8, 4) is 6.07 Å². The Morgan fingerprint density at radius 3 is 3.11 bits per heavy atom. The molecular weight excluding hydrogens is 240 g/mol. The first-order valence-corrected chi connectivity index (χ1v) is 6.49. The Morgan fingerprint density at radius 1 is 1.63 bits per heavy atom. The first kappa shape index (κ1) is 13.5. The Kier molecular flexibility index (Phi) is 4.13. The van der Waals surface area contributed by atoms with Crippen molar-refractivity contribution in [3.63, 3.8) is 0 Å². The molecule has 2 unspecified atom stereocenters. The van der Waals surface area contributed by atoms with E-state index in [-0.39, 0.29) is 11.8 Å². The van der Waals surface area contributed by atoms with Gasteiger partial charge in [-0.2, -0.15) is 5.26 Å². The normalized spacial score (nSPS) is 23.8. The zero-order valence-electron chi connectivity index (χ0n) is 11.0. The van der Waals surface area contributed by atoms with Gasteiger partial charge in [0.25, 0.3) is 0 Å². The first-order valence-electron chi connectivity index (χ1n) is 6.49. The van der Waals surface area contributed by atoms with E-state index in [4.69, 9.17) is 11.0 Å². The van der Waals surface area contributed by atoms with Gasteiger partial charge in [0, 0.05) is 30.9 Å². The third-order valence-electron chi connectivity index (χ3n) is 3.78. The van der Waals surface area contributed by atoms with Crippen LogP contribution in [0, 0.1) is 17.2 Å². The molecule has 1 aliphatic heterocycles. The Hall–Kier alpha value is -1.93. The van der Waals surface area contributed by atoms with E-state index in [2.05, 4.69) is 22.9 Å². The number of nitriles is 1. The molecule has 2 N–H and O–H groups in total. The monoisotopic (exact) mass is 258 g/mol.